The molecule has 0 amide bonds. The van der Waals surface area contributed by atoms with Gasteiger partial charge in [0, 0.05) is 44.3 Å². The van der Waals surface area contributed by atoms with E-state index in [4.69, 9.17) is 28.4 Å². The summed E-state index contributed by atoms with van der Waals surface area (Å²) < 4.78 is 36.4. The molecule has 0 aromatic rings. The highest BCUT2D eigenvalue weighted by Gasteiger charge is 2.78. The highest BCUT2D eigenvalue weighted by molar-refractivity contribution is 5.80. The molecule has 0 spiro atoms. The second-order valence-corrected chi connectivity index (χ2v) is 15.7. The van der Waals surface area contributed by atoms with E-state index in [1.165, 1.54) is 6.92 Å². The van der Waals surface area contributed by atoms with Gasteiger partial charge >= 0.3 is 0 Å². The van der Waals surface area contributed by atoms with Crippen molar-refractivity contribution in [3.63, 3.8) is 0 Å². The fraction of sp³-hybridized carbons (Fsp3) is 0.914. The van der Waals surface area contributed by atoms with Gasteiger partial charge in [-0.25, -0.2) is 0 Å². The molecule has 47 heavy (non-hydrogen) atoms. The van der Waals surface area contributed by atoms with Crippen LogP contribution < -0.4 is 0 Å². The zero-order valence-electron chi connectivity index (χ0n) is 28.8. The van der Waals surface area contributed by atoms with Gasteiger partial charge in [-0.15, -0.1) is 0 Å². The molecule has 3 saturated carbocycles. The van der Waals surface area contributed by atoms with Gasteiger partial charge in [0.25, 0.3) is 0 Å². The third-order valence-electron chi connectivity index (χ3n) is 13.5. The molecule has 17 unspecified atom stereocenters. The van der Waals surface area contributed by atoms with Gasteiger partial charge in [0.15, 0.2) is 12.6 Å². The zero-order valence-corrected chi connectivity index (χ0v) is 28.8. The lowest BCUT2D eigenvalue weighted by Crippen LogP contribution is -2.79. The number of fused-ring (bicyclic) bond motifs is 5. The van der Waals surface area contributed by atoms with Crippen LogP contribution in [0.5, 0.6) is 0 Å². The molecule has 2 saturated heterocycles. The highest BCUT2D eigenvalue weighted by Crippen LogP contribution is 2.69. The van der Waals surface area contributed by atoms with Crippen molar-refractivity contribution in [3.05, 3.63) is 11.6 Å². The molecule has 5 N–H and O–H groups in total. The molecular formula is C35H56O12. The summed E-state index contributed by atoms with van der Waals surface area (Å²) in [6.45, 7) is 8.81. The predicted octanol–water partition coefficient (Wildman–Crippen LogP) is 1.76. The number of Topliss-reactive ketones (excluding diaryl/α,β-unsaturated/α-hetero) is 1. The Bertz CT molecular complexity index is 1210. The number of aliphatic hydroxyl groups is 5. The Morgan fingerprint density at radius 2 is 1.53 bits per heavy atom. The van der Waals surface area contributed by atoms with Gasteiger partial charge in [-0.05, 0) is 64.7 Å². The molecule has 268 valence electrons. The minimum absolute atomic E-state index is 0.111. The first-order chi connectivity index (χ1) is 22.0. The van der Waals surface area contributed by atoms with Gasteiger partial charge in [0.2, 0.25) is 0 Å². The summed E-state index contributed by atoms with van der Waals surface area (Å²) in [4.78, 5) is 12.6. The van der Waals surface area contributed by atoms with Crippen LogP contribution in [0.2, 0.25) is 0 Å². The second kappa shape index (κ2) is 12.6. The molecule has 6 rings (SSSR count). The lowest BCUT2D eigenvalue weighted by Gasteiger charge is -2.67. The molecule has 0 radical (unpaired) electrons. The smallest absolute Gasteiger partial charge is 0.161 e. The predicted molar refractivity (Wildman–Crippen MR) is 167 cm³/mol. The minimum Gasteiger partial charge on any atom is -0.390 e. The Morgan fingerprint density at radius 1 is 0.894 bits per heavy atom. The Morgan fingerprint density at radius 3 is 2.19 bits per heavy atom. The van der Waals surface area contributed by atoms with Crippen molar-refractivity contribution in [2.24, 2.45) is 22.7 Å². The number of carbonyl (C=O) groups is 1. The van der Waals surface area contributed by atoms with Crippen LogP contribution in [0.3, 0.4) is 0 Å². The fourth-order valence-corrected chi connectivity index (χ4v) is 10.7. The van der Waals surface area contributed by atoms with Crippen LogP contribution in [-0.2, 0) is 33.2 Å². The topological polar surface area (TPSA) is 174 Å². The molecule has 12 heteroatoms. The van der Waals surface area contributed by atoms with Crippen LogP contribution in [0, 0.1) is 22.7 Å². The SMILES string of the molecule is COC1CC(OC2C(C)OC(OC3CCC4(C)C(=CCC5(O)C4C(O)C(O)C4(C)C(C(C)=O)CCC54O)C3)CC2OC)OC(C)C1O. The van der Waals surface area contributed by atoms with E-state index < -0.39 is 83.1 Å². The van der Waals surface area contributed by atoms with Crippen molar-refractivity contribution in [2.45, 2.75) is 165 Å². The maximum Gasteiger partial charge on any atom is 0.161 e. The Kier molecular flexibility index (Phi) is 9.62. The molecule has 0 bridgehead atoms. The Balaban J connectivity index is 1.14. The van der Waals surface area contributed by atoms with Crippen LogP contribution in [0.25, 0.3) is 0 Å². The molecule has 6 aliphatic rings. The molecule has 4 aliphatic carbocycles. The molecule has 5 fully saturated rings. The summed E-state index contributed by atoms with van der Waals surface area (Å²) in [5, 5.41) is 58.3. The molecule has 2 aliphatic heterocycles. The lowest BCUT2D eigenvalue weighted by atomic mass is 9.42. The zero-order chi connectivity index (χ0) is 34.3. The van der Waals surface area contributed by atoms with Crippen molar-refractivity contribution in [1.29, 1.82) is 0 Å². The van der Waals surface area contributed by atoms with Crippen LogP contribution in [0.1, 0.15) is 86.0 Å². The maximum atomic E-state index is 12.6. The number of ether oxygens (including phenoxy) is 6. The molecule has 17 atom stereocenters. The van der Waals surface area contributed by atoms with Gasteiger partial charge in [-0.2, -0.15) is 0 Å². The first kappa shape index (κ1) is 35.8. The summed E-state index contributed by atoms with van der Waals surface area (Å²) in [5.74, 6) is -1.63. The van der Waals surface area contributed by atoms with E-state index in [0.717, 1.165) is 5.57 Å². The van der Waals surface area contributed by atoms with E-state index in [2.05, 4.69) is 0 Å². The number of carbonyl (C=O) groups excluding carboxylic acids is 1. The van der Waals surface area contributed by atoms with Gasteiger partial charge < -0.3 is 54.0 Å². The number of methoxy groups -OCH3 is 2. The minimum atomic E-state index is -1.73. The first-order valence-corrected chi connectivity index (χ1v) is 17.4. The van der Waals surface area contributed by atoms with Crippen molar-refractivity contribution in [3.8, 4) is 0 Å². The number of hydrogen-bond donors (Lipinski definition) is 5. The van der Waals surface area contributed by atoms with Gasteiger partial charge in [0.05, 0.1) is 42.7 Å². The molecule has 0 aromatic heterocycles. The van der Waals surface area contributed by atoms with E-state index >= 15 is 0 Å². The van der Waals surface area contributed by atoms with E-state index in [1.54, 1.807) is 28.1 Å². The first-order valence-electron chi connectivity index (χ1n) is 17.4. The summed E-state index contributed by atoms with van der Waals surface area (Å²) in [6, 6.07) is 0. The second-order valence-electron chi connectivity index (χ2n) is 15.7. The quantitative estimate of drug-likeness (QED) is 0.249. The van der Waals surface area contributed by atoms with E-state index in [9.17, 15) is 30.3 Å². The fourth-order valence-electron chi connectivity index (χ4n) is 10.7. The monoisotopic (exact) mass is 668 g/mol. The number of hydrogen-bond acceptors (Lipinski definition) is 12. The summed E-state index contributed by atoms with van der Waals surface area (Å²) in [6.07, 6.45) is -1.53. The normalized spacial score (nSPS) is 54.6. The van der Waals surface area contributed by atoms with Crippen molar-refractivity contribution < 1.29 is 58.7 Å². The maximum absolute atomic E-state index is 12.6. The van der Waals surface area contributed by atoms with Crippen LogP contribution in [0.4, 0.5) is 0 Å². The van der Waals surface area contributed by atoms with E-state index in [-0.39, 0.29) is 36.9 Å². The van der Waals surface area contributed by atoms with Gasteiger partial charge in [-0.3, -0.25) is 4.79 Å². The number of ketones is 1. The molecule has 2 heterocycles. The average molecular weight is 669 g/mol. The Hall–Kier alpha value is -1.03. The lowest BCUT2D eigenvalue weighted by molar-refractivity contribution is -0.329. The third-order valence-corrected chi connectivity index (χ3v) is 13.5. The van der Waals surface area contributed by atoms with E-state index in [1.807, 2.05) is 19.9 Å². The molecule has 0 aromatic carbocycles. The summed E-state index contributed by atoms with van der Waals surface area (Å²) >= 11 is 0. The largest absolute Gasteiger partial charge is 0.390 e. The van der Waals surface area contributed by atoms with Crippen molar-refractivity contribution in [1.82, 2.24) is 0 Å². The average Bonchev–Trinajstić information content (AvgIpc) is 3.32. The third kappa shape index (κ3) is 5.32. The summed E-state index contributed by atoms with van der Waals surface area (Å²) in [7, 11) is 3.19. The van der Waals surface area contributed by atoms with Crippen LogP contribution in [0.15, 0.2) is 11.6 Å². The van der Waals surface area contributed by atoms with Crippen LogP contribution in [-0.4, -0.2) is 124 Å². The standard InChI is InChI=1S/C35H56O12/c1-17(36)22-10-13-35(41)33(22,5)31(39)28(38)30-32(4)11-9-21(14-20(32)8-12-34(30,35)40)46-25-16-24(43-7)29(19(3)45-25)47-26-15-23(42-6)27(37)18(2)44-26/h8,18-19,21-31,37-41H,9-16H2,1-7H3. The Labute approximate surface area is 277 Å². The van der Waals surface area contributed by atoms with Crippen molar-refractivity contribution >= 4 is 5.78 Å². The molecular weight excluding hydrogens is 612 g/mol. The number of aliphatic hydroxyl groups excluding tert-OH is 3. The highest BCUT2D eigenvalue weighted by atomic mass is 16.7. The van der Waals surface area contributed by atoms with Gasteiger partial charge in [0.1, 0.15) is 29.2 Å². The van der Waals surface area contributed by atoms with E-state index in [0.29, 0.717) is 38.5 Å². The van der Waals surface area contributed by atoms with Gasteiger partial charge in [-0.1, -0.05) is 25.5 Å². The number of rotatable bonds is 7. The van der Waals surface area contributed by atoms with Crippen molar-refractivity contribution in [2.75, 3.05) is 14.2 Å². The van der Waals surface area contributed by atoms with Crippen LogP contribution >= 0.6 is 0 Å². The summed E-state index contributed by atoms with van der Waals surface area (Å²) in [5.41, 5.74) is -4.48. The molecule has 12 nitrogen and oxygen atoms in total.